The van der Waals surface area contributed by atoms with Crippen molar-refractivity contribution in [3.63, 3.8) is 0 Å². The number of oxazole rings is 1. The van der Waals surface area contributed by atoms with Gasteiger partial charge in [0.25, 0.3) is 11.1 Å². The molecule has 3 atom stereocenters. The first-order valence-corrected chi connectivity index (χ1v) is 11.3. The maximum absolute atomic E-state index is 11.6. The Hall–Kier alpha value is -2.42. The van der Waals surface area contributed by atoms with Gasteiger partial charge in [-0.1, -0.05) is 23.8 Å². The number of aryl methyl sites for hydroxylation is 2. The summed E-state index contributed by atoms with van der Waals surface area (Å²) < 4.78 is 17.8. The summed E-state index contributed by atoms with van der Waals surface area (Å²) in [6.07, 6.45) is 8.16. The third kappa shape index (κ3) is 5.44. The van der Waals surface area contributed by atoms with Crippen molar-refractivity contribution >= 4 is 22.9 Å². The van der Waals surface area contributed by atoms with E-state index in [0.717, 1.165) is 54.3 Å². The van der Waals surface area contributed by atoms with Crippen LogP contribution in [0.2, 0.25) is 0 Å². The van der Waals surface area contributed by atoms with Gasteiger partial charge < -0.3 is 13.9 Å². The molecule has 2 fully saturated rings. The minimum absolute atomic E-state index is 0.0274. The van der Waals surface area contributed by atoms with Gasteiger partial charge in [-0.05, 0) is 68.5 Å². The van der Waals surface area contributed by atoms with Crippen molar-refractivity contribution in [1.29, 1.82) is 0 Å². The van der Waals surface area contributed by atoms with Crippen molar-refractivity contribution in [1.82, 2.24) is 10.3 Å². The molecular weight excluding hydrogens is 416 g/mol. The largest absolute Gasteiger partial charge is 0.451 e. The molecule has 2 aromatic rings. The number of nitrogens with zero attached hydrogens (tertiary/aromatic N) is 1. The molecule has 4 rings (SSSR count). The number of hydrogen-bond donors (Lipinski definition) is 1. The van der Waals surface area contributed by atoms with Crippen LogP contribution in [0, 0.1) is 13.8 Å². The zero-order valence-electron chi connectivity index (χ0n) is 17.6. The van der Waals surface area contributed by atoms with Gasteiger partial charge in [-0.3, -0.25) is 14.9 Å². The third-order valence-corrected chi connectivity index (χ3v) is 6.44. The highest BCUT2D eigenvalue weighted by atomic mass is 32.2. The number of hydrogen-bond acceptors (Lipinski definition) is 7. The molecule has 1 aromatic carbocycles. The average molecular weight is 443 g/mol. The third-order valence-electron chi connectivity index (χ3n) is 5.58. The first-order valence-electron chi connectivity index (χ1n) is 10.4. The number of benzene rings is 1. The SMILES string of the molecule is Cc1ccc(C(OC2CCCC(OCC=C3SC(=O)NC3=O)C2)c2cocn2)c(C)c1. The Morgan fingerprint density at radius 2 is 2.13 bits per heavy atom. The molecule has 1 aromatic heterocycles. The monoisotopic (exact) mass is 442 g/mol. The van der Waals surface area contributed by atoms with Crippen LogP contribution < -0.4 is 5.32 Å². The highest BCUT2D eigenvalue weighted by Gasteiger charge is 2.29. The van der Waals surface area contributed by atoms with E-state index in [0.29, 0.717) is 11.5 Å². The molecule has 1 aliphatic carbocycles. The van der Waals surface area contributed by atoms with Crippen molar-refractivity contribution in [2.24, 2.45) is 0 Å². The Morgan fingerprint density at radius 3 is 2.84 bits per heavy atom. The van der Waals surface area contributed by atoms with Crippen LogP contribution in [0.4, 0.5) is 4.79 Å². The summed E-state index contributed by atoms with van der Waals surface area (Å²) in [6, 6.07) is 6.33. The van der Waals surface area contributed by atoms with Crippen LogP contribution in [0.3, 0.4) is 0 Å². The van der Waals surface area contributed by atoms with E-state index in [1.165, 1.54) is 12.0 Å². The molecule has 2 amide bonds. The number of carbonyl (C=O) groups is 2. The number of carbonyl (C=O) groups excluding carboxylic acids is 2. The molecule has 8 heteroatoms. The van der Waals surface area contributed by atoms with Gasteiger partial charge in [-0.15, -0.1) is 0 Å². The summed E-state index contributed by atoms with van der Waals surface area (Å²) >= 11 is 0.909. The van der Waals surface area contributed by atoms with Crippen molar-refractivity contribution < 1.29 is 23.5 Å². The fraction of sp³-hybridized carbons (Fsp3) is 0.435. The van der Waals surface area contributed by atoms with Gasteiger partial charge in [0.1, 0.15) is 18.1 Å². The Labute approximate surface area is 185 Å². The van der Waals surface area contributed by atoms with Gasteiger partial charge in [0, 0.05) is 0 Å². The minimum Gasteiger partial charge on any atom is -0.451 e. The van der Waals surface area contributed by atoms with Crippen molar-refractivity contribution in [3.8, 4) is 0 Å². The Kier molecular flexibility index (Phi) is 6.89. The van der Waals surface area contributed by atoms with Gasteiger partial charge in [-0.2, -0.15) is 0 Å². The number of rotatable bonds is 7. The van der Waals surface area contributed by atoms with E-state index in [4.69, 9.17) is 13.9 Å². The number of aromatic nitrogens is 1. The predicted molar refractivity (Wildman–Crippen MR) is 117 cm³/mol. The second-order valence-corrected chi connectivity index (χ2v) is 8.96. The van der Waals surface area contributed by atoms with Crippen LogP contribution in [0.5, 0.6) is 0 Å². The highest BCUT2D eigenvalue weighted by molar-refractivity contribution is 8.18. The molecule has 1 N–H and O–H groups in total. The summed E-state index contributed by atoms with van der Waals surface area (Å²) in [5, 5.41) is 1.91. The van der Waals surface area contributed by atoms with E-state index in [1.54, 1.807) is 12.3 Å². The lowest BCUT2D eigenvalue weighted by molar-refractivity contribution is -0.115. The van der Waals surface area contributed by atoms with Gasteiger partial charge in [0.05, 0.1) is 23.7 Å². The minimum atomic E-state index is -0.354. The van der Waals surface area contributed by atoms with Crippen molar-refractivity contribution in [2.75, 3.05) is 6.61 Å². The summed E-state index contributed by atoms with van der Waals surface area (Å²) in [6.45, 7) is 4.45. The molecule has 1 aliphatic heterocycles. The average Bonchev–Trinajstić information content (AvgIpc) is 3.37. The maximum Gasteiger partial charge on any atom is 0.290 e. The standard InChI is InChI=1S/C23H26N2O5S/c1-14-6-7-18(15(2)10-14)21(19-12-28-13-24-19)30-17-5-3-4-16(11-17)29-9-8-20-22(26)25-23(27)31-20/h6-8,10,12-13,16-17,21H,3-5,9,11H2,1-2H3,(H,25,26,27). The molecule has 0 radical (unpaired) electrons. The van der Waals surface area contributed by atoms with Crippen LogP contribution in [-0.4, -0.2) is 34.9 Å². The van der Waals surface area contributed by atoms with Crippen LogP contribution >= 0.6 is 11.8 Å². The van der Waals surface area contributed by atoms with Crippen molar-refractivity contribution in [3.05, 3.63) is 64.2 Å². The molecule has 1 saturated carbocycles. The quantitative estimate of drug-likeness (QED) is 0.627. The molecule has 31 heavy (non-hydrogen) atoms. The van der Waals surface area contributed by atoms with Gasteiger partial charge in [-0.25, -0.2) is 4.98 Å². The molecule has 2 aliphatic rings. The van der Waals surface area contributed by atoms with Gasteiger partial charge >= 0.3 is 0 Å². The summed E-state index contributed by atoms with van der Waals surface area (Å²) in [5.41, 5.74) is 4.20. The molecule has 1 saturated heterocycles. The fourth-order valence-corrected chi connectivity index (χ4v) is 4.70. The van der Waals surface area contributed by atoms with Crippen LogP contribution in [0.15, 0.2) is 46.3 Å². The molecule has 3 unspecified atom stereocenters. The van der Waals surface area contributed by atoms with E-state index in [-0.39, 0.29) is 29.5 Å². The van der Waals surface area contributed by atoms with Crippen LogP contribution in [0.1, 0.15) is 54.2 Å². The highest BCUT2D eigenvalue weighted by Crippen LogP contribution is 2.34. The van der Waals surface area contributed by atoms with E-state index in [9.17, 15) is 9.59 Å². The topological polar surface area (TPSA) is 90.7 Å². The van der Waals surface area contributed by atoms with Gasteiger partial charge in [0.15, 0.2) is 6.39 Å². The predicted octanol–water partition coefficient (Wildman–Crippen LogP) is 4.59. The van der Waals surface area contributed by atoms with Crippen molar-refractivity contribution in [2.45, 2.75) is 57.8 Å². The maximum atomic E-state index is 11.6. The molecule has 164 valence electrons. The fourth-order valence-electron chi connectivity index (χ4n) is 4.06. The second-order valence-electron chi connectivity index (χ2n) is 7.95. The summed E-state index contributed by atoms with van der Waals surface area (Å²) in [7, 11) is 0. The lowest BCUT2D eigenvalue weighted by Crippen LogP contribution is -2.30. The number of thioether (sulfide) groups is 1. The van der Waals surface area contributed by atoms with E-state index in [1.807, 2.05) is 0 Å². The zero-order chi connectivity index (χ0) is 21.8. The molecular formula is C23H26N2O5S. The van der Waals surface area contributed by atoms with E-state index >= 15 is 0 Å². The van der Waals surface area contributed by atoms with Gasteiger partial charge in [0.2, 0.25) is 0 Å². The smallest absolute Gasteiger partial charge is 0.290 e. The number of nitrogens with one attached hydrogen (secondary N) is 1. The molecule has 2 heterocycles. The van der Waals surface area contributed by atoms with E-state index in [2.05, 4.69) is 42.3 Å². The first-order chi connectivity index (χ1) is 15.0. The Bertz CT molecular complexity index is 972. The number of amides is 2. The van der Waals surface area contributed by atoms with Crippen LogP contribution in [-0.2, 0) is 14.3 Å². The zero-order valence-corrected chi connectivity index (χ0v) is 18.4. The lowest BCUT2D eigenvalue weighted by Gasteiger charge is -2.32. The number of ether oxygens (including phenoxy) is 2. The first kappa shape index (κ1) is 21.8. The Morgan fingerprint density at radius 1 is 1.29 bits per heavy atom. The summed E-state index contributed by atoms with van der Waals surface area (Å²) in [5.74, 6) is -0.354. The normalized spacial score (nSPS) is 23.9. The van der Waals surface area contributed by atoms with Crippen LogP contribution in [0.25, 0.3) is 0 Å². The van der Waals surface area contributed by atoms with E-state index < -0.39 is 0 Å². The number of imide groups is 1. The molecule has 0 spiro atoms. The lowest BCUT2D eigenvalue weighted by atomic mass is 9.93. The Balaban J connectivity index is 1.40. The molecule has 0 bridgehead atoms. The molecule has 7 nitrogen and oxygen atoms in total. The second kappa shape index (κ2) is 9.80. The summed E-state index contributed by atoms with van der Waals surface area (Å²) in [4.78, 5) is 27.6.